The summed E-state index contributed by atoms with van der Waals surface area (Å²) >= 11 is 0. The molecule has 6 nitrogen and oxygen atoms in total. The molecule has 0 spiro atoms. The molecule has 2 heterocycles. The normalized spacial score (nSPS) is 20.9. The van der Waals surface area contributed by atoms with E-state index in [2.05, 4.69) is 5.32 Å². The molecule has 4 rings (SSSR count). The van der Waals surface area contributed by atoms with Crippen molar-refractivity contribution in [1.82, 2.24) is 5.32 Å². The van der Waals surface area contributed by atoms with E-state index in [9.17, 15) is 17.2 Å². The average molecular weight is 418 g/mol. The van der Waals surface area contributed by atoms with Crippen LogP contribution in [0.25, 0.3) is 0 Å². The highest BCUT2D eigenvalue weighted by Crippen LogP contribution is 2.46. The van der Waals surface area contributed by atoms with Crippen molar-refractivity contribution in [3.63, 3.8) is 0 Å². The lowest BCUT2D eigenvalue weighted by molar-refractivity contribution is 0.0353. The zero-order valence-corrected chi connectivity index (χ0v) is 15.8. The highest BCUT2D eigenvalue weighted by Gasteiger charge is 2.44. The van der Waals surface area contributed by atoms with Crippen LogP contribution in [0.3, 0.4) is 0 Å². The largest absolute Gasteiger partial charge is 0.374 e. The van der Waals surface area contributed by atoms with Crippen LogP contribution in [0.1, 0.15) is 0 Å². The predicted molar refractivity (Wildman–Crippen MR) is 101 cm³/mol. The number of halogens is 3. The van der Waals surface area contributed by atoms with Crippen molar-refractivity contribution in [2.24, 2.45) is 0 Å². The van der Waals surface area contributed by atoms with Crippen LogP contribution in [-0.2, 0) is 14.9 Å². The molecule has 1 N–H and O–H groups in total. The van der Waals surface area contributed by atoms with Gasteiger partial charge in [0, 0.05) is 13.1 Å². The monoisotopic (exact) mass is 417 g/mol. The van der Waals surface area contributed by atoms with Crippen molar-refractivity contribution in [2.75, 3.05) is 34.9 Å². The van der Waals surface area contributed by atoms with Crippen molar-refractivity contribution < 1.29 is 21.9 Å². The number of morpholine rings is 1. The Morgan fingerprint density at radius 2 is 1.74 bits per heavy atom. The molecule has 1 atom stereocenters. The molecular formula is C17H18ClF2N3O3S. The number of hydrogen-bond donors (Lipinski definition) is 1. The van der Waals surface area contributed by atoms with E-state index >= 15 is 0 Å². The van der Waals surface area contributed by atoms with E-state index in [4.69, 9.17) is 4.74 Å². The molecule has 10 heteroatoms. The van der Waals surface area contributed by atoms with E-state index in [1.54, 1.807) is 18.2 Å². The van der Waals surface area contributed by atoms with Gasteiger partial charge in [-0.05, 0) is 24.3 Å². The predicted octanol–water partition coefficient (Wildman–Crippen LogP) is 2.58. The number of nitrogens with one attached hydrogen (secondary N) is 1. The first-order valence-corrected chi connectivity index (χ1v) is 9.58. The van der Waals surface area contributed by atoms with Crippen LogP contribution in [0.15, 0.2) is 42.5 Å². The lowest BCUT2D eigenvalue weighted by Crippen LogP contribution is -2.47. The molecule has 0 bridgehead atoms. The molecule has 0 aliphatic carbocycles. The highest BCUT2D eigenvalue weighted by molar-refractivity contribution is 7.95. The van der Waals surface area contributed by atoms with Gasteiger partial charge in [-0.15, -0.1) is 12.4 Å². The minimum atomic E-state index is -4.21. The fourth-order valence-electron chi connectivity index (χ4n) is 3.23. The van der Waals surface area contributed by atoms with E-state index < -0.39 is 27.5 Å². The Labute approximate surface area is 162 Å². The second kappa shape index (κ2) is 7.59. The Morgan fingerprint density at radius 3 is 2.37 bits per heavy atom. The van der Waals surface area contributed by atoms with Gasteiger partial charge in [0.15, 0.2) is 11.6 Å². The molecule has 2 aliphatic heterocycles. The van der Waals surface area contributed by atoms with Crippen molar-refractivity contribution in [3.05, 3.63) is 54.1 Å². The molecule has 0 aromatic heterocycles. The summed E-state index contributed by atoms with van der Waals surface area (Å²) in [5.74, 6) is -1.89. The van der Waals surface area contributed by atoms with Gasteiger partial charge < -0.3 is 10.1 Å². The molecule has 1 saturated heterocycles. The maximum absolute atomic E-state index is 14.3. The molecule has 2 aromatic rings. The Morgan fingerprint density at radius 1 is 1.07 bits per heavy atom. The number of benzene rings is 2. The second-order valence-electron chi connectivity index (χ2n) is 6.06. The lowest BCUT2D eigenvalue weighted by atomic mass is 10.2. The summed E-state index contributed by atoms with van der Waals surface area (Å²) in [6.45, 7) is 1.74. The third-order valence-electron chi connectivity index (χ3n) is 4.39. The number of hydrogen-bond acceptors (Lipinski definition) is 4. The molecule has 2 aromatic carbocycles. The molecule has 0 amide bonds. The maximum Gasteiger partial charge on any atom is 0.331 e. The third-order valence-corrected chi connectivity index (χ3v) is 6.14. The van der Waals surface area contributed by atoms with E-state index in [1.807, 2.05) is 0 Å². The summed E-state index contributed by atoms with van der Waals surface area (Å²) in [6.07, 6.45) is -0.350. The Hall–Kier alpha value is -1.94. The van der Waals surface area contributed by atoms with Gasteiger partial charge in [0.2, 0.25) is 0 Å². The molecule has 0 saturated carbocycles. The van der Waals surface area contributed by atoms with E-state index in [0.717, 1.165) is 20.7 Å². The first kappa shape index (κ1) is 19.8. The zero-order valence-electron chi connectivity index (χ0n) is 14.1. The highest BCUT2D eigenvalue weighted by atomic mass is 35.5. The summed E-state index contributed by atoms with van der Waals surface area (Å²) in [4.78, 5) is 0. The molecular weight excluding hydrogens is 400 g/mol. The molecule has 0 radical (unpaired) electrons. The summed E-state index contributed by atoms with van der Waals surface area (Å²) < 4.78 is 62.5. The fourth-order valence-corrected chi connectivity index (χ4v) is 4.99. The summed E-state index contributed by atoms with van der Waals surface area (Å²) in [6, 6.07) is 9.72. The summed E-state index contributed by atoms with van der Waals surface area (Å²) in [5, 5.41) is 3.14. The van der Waals surface area contributed by atoms with Crippen molar-refractivity contribution in [3.8, 4) is 0 Å². The van der Waals surface area contributed by atoms with Crippen molar-refractivity contribution >= 4 is 39.7 Å². The molecule has 2 aliphatic rings. The number of anilines is 3. The first-order valence-electron chi connectivity index (χ1n) is 8.18. The van der Waals surface area contributed by atoms with Gasteiger partial charge in [-0.3, -0.25) is 0 Å². The second-order valence-corrected chi connectivity index (χ2v) is 7.76. The minimum Gasteiger partial charge on any atom is -0.374 e. The number of rotatable bonds is 3. The van der Waals surface area contributed by atoms with Gasteiger partial charge in [-0.2, -0.15) is 8.42 Å². The maximum atomic E-state index is 14.3. The van der Waals surface area contributed by atoms with Crippen LogP contribution >= 0.6 is 12.4 Å². The fraction of sp³-hybridized carbons (Fsp3) is 0.294. The smallest absolute Gasteiger partial charge is 0.331 e. The van der Waals surface area contributed by atoms with Crippen LogP contribution in [-0.4, -0.2) is 40.8 Å². The number of para-hydroxylation sites is 3. The third kappa shape index (κ3) is 3.36. The van der Waals surface area contributed by atoms with Gasteiger partial charge in [0.1, 0.15) is 5.69 Å². The van der Waals surface area contributed by atoms with Gasteiger partial charge in [-0.25, -0.2) is 17.4 Å². The zero-order chi connectivity index (χ0) is 18.3. The molecule has 146 valence electrons. The van der Waals surface area contributed by atoms with Gasteiger partial charge >= 0.3 is 10.2 Å². The topological polar surface area (TPSA) is 61.9 Å². The Balaban J connectivity index is 0.00000210. The quantitative estimate of drug-likeness (QED) is 0.833. The Kier molecular flexibility index (Phi) is 5.57. The van der Waals surface area contributed by atoms with Crippen LogP contribution < -0.4 is 13.9 Å². The molecule has 27 heavy (non-hydrogen) atoms. The van der Waals surface area contributed by atoms with Crippen LogP contribution in [0.2, 0.25) is 0 Å². The van der Waals surface area contributed by atoms with E-state index in [-0.39, 0.29) is 30.7 Å². The number of nitrogens with zero attached hydrogens (tertiary/aromatic N) is 2. The van der Waals surface area contributed by atoms with Gasteiger partial charge in [0.25, 0.3) is 0 Å². The average Bonchev–Trinajstić information content (AvgIpc) is 2.84. The van der Waals surface area contributed by atoms with E-state index in [1.165, 1.54) is 12.1 Å². The van der Waals surface area contributed by atoms with Gasteiger partial charge in [0.05, 0.1) is 30.6 Å². The molecule has 1 fully saturated rings. The lowest BCUT2D eigenvalue weighted by Gasteiger charge is -2.29. The van der Waals surface area contributed by atoms with Crippen LogP contribution in [0.4, 0.5) is 25.8 Å². The first-order chi connectivity index (χ1) is 12.5. The van der Waals surface area contributed by atoms with Crippen LogP contribution in [0, 0.1) is 11.6 Å². The summed E-state index contributed by atoms with van der Waals surface area (Å²) in [7, 11) is -4.21. The minimum absolute atomic E-state index is 0. The standard InChI is InChI=1S/C17H17F2N3O3S.ClH/c18-13-4-3-5-14(19)17(13)22-16-7-2-1-6-15(16)21(26(22,23)24)11-12-10-20-8-9-25-12;/h1-7,12,20H,8-11H2;1H. The van der Waals surface area contributed by atoms with Crippen molar-refractivity contribution in [1.29, 1.82) is 0 Å². The van der Waals surface area contributed by atoms with Crippen LogP contribution in [0.5, 0.6) is 0 Å². The Bertz CT molecular complexity index is 919. The number of ether oxygens (including phenoxy) is 1. The number of fused-ring (bicyclic) bond motifs is 1. The SMILES string of the molecule is Cl.O=S1(=O)N(CC2CNCCO2)c2ccccc2N1c1c(F)cccc1F. The van der Waals surface area contributed by atoms with Gasteiger partial charge in [-0.1, -0.05) is 18.2 Å². The summed E-state index contributed by atoms with van der Waals surface area (Å²) in [5.41, 5.74) is -0.0327. The van der Waals surface area contributed by atoms with E-state index in [0.29, 0.717) is 25.4 Å². The van der Waals surface area contributed by atoms with Crippen molar-refractivity contribution in [2.45, 2.75) is 6.10 Å². The molecule has 1 unspecified atom stereocenters.